The van der Waals surface area contributed by atoms with Crippen LogP contribution in [0.3, 0.4) is 0 Å². The first-order chi connectivity index (χ1) is 6.58. The summed E-state index contributed by atoms with van der Waals surface area (Å²) in [7, 11) is 0. The molecule has 1 aromatic heterocycles. The van der Waals surface area contributed by atoms with Gasteiger partial charge in [-0.1, -0.05) is 13.8 Å². The molecule has 2 rings (SSSR count). The zero-order valence-corrected chi connectivity index (χ0v) is 9.02. The fraction of sp³-hybridized carbons (Fsp3) is 0.545. The van der Waals surface area contributed by atoms with E-state index in [2.05, 4.69) is 36.4 Å². The van der Waals surface area contributed by atoms with Gasteiger partial charge in [0.05, 0.1) is 5.69 Å². The number of nitrogens with zero attached hydrogens (tertiary/aromatic N) is 1. The van der Waals surface area contributed by atoms with Crippen molar-refractivity contribution in [1.29, 1.82) is 0 Å². The summed E-state index contributed by atoms with van der Waals surface area (Å²) >= 11 is 0. The summed E-state index contributed by atoms with van der Waals surface area (Å²) in [6, 6.07) is 2.03. The molecule has 1 aliphatic heterocycles. The summed E-state index contributed by atoms with van der Waals surface area (Å²) in [5.74, 6) is 0.982. The van der Waals surface area contributed by atoms with E-state index in [1.807, 2.05) is 12.3 Å². The molecule has 0 unspecified atom stereocenters. The molecule has 0 spiro atoms. The van der Waals surface area contributed by atoms with E-state index in [9.17, 15) is 0 Å². The van der Waals surface area contributed by atoms with Crippen molar-refractivity contribution < 1.29 is 0 Å². The predicted octanol–water partition coefficient (Wildman–Crippen LogP) is 2.25. The Bertz CT molecular complexity index is 344. The molecular weight excluding hydrogens is 174 g/mol. The maximum absolute atomic E-state index is 4.33. The molecule has 0 aliphatic carbocycles. The molecule has 2 N–H and O–H groups in total. The highest BCUT2D eigenvalue weighted by molar-refractivity contribution is 5.69. The number of pyridine rings is 1. The predicted molar refractivity (Wildman–Crippen MR) is 59.7 cm³/mol. The van der Waals surface area contributed by atoms with E-state index < -0.39 is 0 Å². The number of anilines is 2. The van der Waals surface area contributed by atoms with Crippen LogP contribution in [0.2, 0.25) is 0 Å². The smallest absolute Gasteiger partial charge is 0.149 e. The van der Waals surface area contributed by atoms with Gasteiger partial charge in [-0.3, -0.25) is 0 Å². The monoisotopic (exact) mass is 191 g/mol. The Morgan fingerprint density at radius 2 is 2.00 bits per heavy atom. The summed E-state index contributed by atoms with van der Waals surface area (Å²) in [5, 5.41) is 6.84. The minimum Gasteiger partial charge on any atom is -0.381 e. The molecule has 2 heterocycles. The number of fused-ring (bicyclic) bond motifs is 1. The Morgan fingerprint density at radius 1 is 1.29 bits per heavy atom. The van der Waals surface area contributed by atoms with Gasteiger partial charge in [-0.05, 0) is 24.0 Å². The number of aryl methyl sites for hydroxylation is 1. The first-order valence-corrected chi connectivity index (χ1v) is 5.02. The molecule has 0 saturated carbocycles. The topological polar surface area (TPSA) is 37.0 Å². The van der Waals surface area contributed by atoms with Crippen LogP contribution in [0.15, 0.2) is 12.3 Å². The lowest BCUT2D eigenvalue weighted by Crippen LogP contribution is -2.27. The van der Waals surface area contributed by atoms with Crippen LogP contribution in [0.25, 0.3) is 0 Å². The second-order valence-corrected chi connectivity index (χ2v) is 4.72. The van der Waals surface area contributed by atoms with Crippen molar-refractivity contribution >= 4 is 11.5 Å². The molecule has 3 heteroatoms. The van der Waals surface area contributed by atoms with E-state index in [1.54, 1.807) is 0 Å². The summed E-state index contributed by atoms with van der Waals surface area (Å²) < 4.78 is 0. The molecule has 14 heavy (non-hydrogen) atoms. The van der Waals surface area contributed by atoms with E-state index in [4.69, 9.17) is 0 Å². The van der Waals surface area contributed by atoms with Crippen LogP contribution in [-0.2, 0) is 0 Å². The van der Waals surface area contributed by atoms with Gasteiger partial charge in [-0.15, -0.1) is 0 Å². The Balaban J connectivity index is 2.34. The van der Waals surface area contributed by atoms with Crippen molar-refractivity contribution in [3.63, 3.8) is 0 Å². The van der Waals surface area contributed by atoms with Crippen LogP contribution in [0.1, 0.15) is 19.4 Å². The Morgan fingerprint density at radius 3 is 2.79 bits per heavy atom. The molecule has 1 aromatic rings. The second kappa shape index (κ2) is 3.15. The number of hydrogen-bond donors (Lipinski definition) is 2. The number of rotatable bonds is 0. The average molecular weight is 191 g/mol. The summed E-state index contributed by atoms with van der Waals surface area (Å²) in [4.78, 5) is 4.33. The van der Waals surface area contributed by atoms with Gasteiger partial charge in [-0.2, -0.15) is 0 Å². The van der Waals surface area contributed by atoms with Crippen molar-refractivity contribution in [3.8, 4) is 0 Å². The van der Waals surface area contributed by atoms with Gasteiger partial charge >= 0.3 is 0 Å². The van der Waals surface area contributed by atoms with Crippen molar-refractivity contribution in [1.82, 2.24) is 4.98 Å². The average Bonchev–Trinajstić information content (AvgIpc) is 2.27. The molecule has 0 bridgehead atoms. The van der Waals surface area contributed by atoms with Gasteiger partial charge < -0.3 is 10.6 Å². The number of nitrogens with one attached hydrogen (secondary N) is 2. The maximum atomic E-state index is 4.33. The summed E-state index contributed by atoms with van der Waals surface area (Å²) in [5.41, 5.74) is 2.67. The molecule has 0 radical (unpaired) electrons. The molecule has 0 saturated heterocycles. The van der Waals surface area contributed by atoms with Gasteiger partial charge in [0.1, 0.15) is 5.82 Å². The van der Waals surface area contributed by atoms with Crippen LogP contribution in [-0.4, -0.2) is 18.1 Å². The van der Waals surface area contributed by atoms with Gasteiger partial charge in [0.15, 0.2) is 0 Å². The fourth-order valence-electron chi connectivity index (χ4n) is 1.63. The Hall–Kier alpha value is -1.25. The summed E-state index contributed by atoms with van der Waals surface area (Å²) in [6.07, 6.45) is 1.85. The Labute approximate surface area is 84.9 Å². The highest BCUT2D eigenvalue weighted by atomic mass is 15.1. The van der Waals surface area contributed by atoms with Crippen LogP contribution >= 0.6 is 0 Å². The van der Waals surface area contributed by atoms with E-state index in [-0.39, 0.29) is 5.41 Å². The zero-order valence-electron chi connectivity index (χ0n) is 9.02. The Kier molecular flexibility index (Phi) is 2.10. The first-order valence-electron chi connectivity index (χ1n) is 5.02. The molecule has 0 fully saturated rings. The van der Waals surface area contributed by atoms with Gasteiger partial charge in [0.2, 0.25) is 0 Å². The minimum absolute atomic E-state index is 0.271. The molecule has 3 nitrogen and oxygen atoms in total. The van der Waals surface area contributed by atoms with Crippen LogP contribution in [0.5, 0.6) is 0 Å². The third kappa shape index (κ3) is 1.67. The van der Waals surface area contributed by atoms with E-state index in [0.717, 1.165) is 24.6 Å². The standard InChI is InChI=1S/C11H17N3/c1-8-4-5-12-10-9(8)13-6-11(2,3)7-14-10/h4-5,13H,6-7H2,1-3H3,(H,12,14). The molecule has 0 aromatic carbocycles. The zero-order chi connectivity index (χ0) is 10.2. The van der Waals surface area contributed by atoms with Gasteiger partial charge in [0.25, 0.3) is 0 Å². The fourth-order valence-corrected chi connectivity index (χ4v) is 1.63. The highest BCUT2D eigenvalue weighted by Gasteiger charge is 2.22. The third-order valence-corrected chi connectivity index (χ3v) is 2.64. The van der Waals surface area contributed by atoms with Crippen molar-refractivity contribution in [2.75, 3.05) is 23.7 Å². The SMILES string of the molecule is Cc1ccnc2c1NCC(C)(C)CN2. The highest BCUT2D eigenvalue weighted by Crippen LogP contribution is 2.29. The molecule has 1 aliphatic rings. The number of aromatic nitrogens is 1. The van der Waals surface area contributed by atoms with E-state index in [0.29, 0.717) is 0 Å². The van der Waals surface area contributed by atoms with E-state index in [1.165, 1.54) is 5.56 Å². The number of hydrogen-bond acceptors (Lipinski definition) is 3. The first kappa shape index (κ1) is 9.31. The third-order valence-electron chi connectivity index (χ3n) is 2.64. The molecular formula is C11H17N3. The normalized spacial score (nSPS) is 18.8. The second-order valence-electron chi connectivity index (χ2n) is 4.72. The largest absolute Gasteiger partial charge is 0.381 e. The minimum atomic E-state index is 0.271. The van der Waals surface area contributed by atoms with E-state index >= 15 is 0 Å². The lowest BCUT2D eigenvalue weighted by Gasteiger charge is -2.21. The maximum Gasteiger partial charge on any atom is 0.149 e. The molecule has 0 amide bonds. The lowest BCUT2D eigenvalue weighted by atomic mass is 9.94. The van der Waals surface area contributed by atoms with Crippen LogP contribution in [0.4, 0.5) is 11.5 Å². The molecule has 0 atom stereocenters. The quantitative estimate of drug-likeness (QED) is 0.660. The molecule has 76 valence electrons. The van der Waals surface area contributed by atoms with Crippen molar-refractivity contribution in [2.24, 2.45) is 5.41 Å². The lowest BCUT2D eigenvalue weighted by molar-refractivity contribution is 0.423. The van der Waals surface area contributed by atoms with Crippen LogP contribution in [0, 0.1) is 12.3 Å². The van der Waals surface area contributed by atoms with Gasteiger partial charge in [-0.25, -0.2) is 4.98 Å². The van der Waals surface area contributed by atoms with Crippen molar-refractivity contribution in [2.45, 2.75) is 20.8 Å². The van der Waals surface area contributed by atoms with Crippen molar-refractivity contribution in [3.05, 3.63) is 17.8 Å². The summed E-state index contributed by atoms with van der Waals surface area (Å²) in [6.45, 7) is 8.54. The van der Waals surface area contributed by atoms with Gasteiger partial charge in [0, 0.05) is 19.3 Å². The van der Waals surface area contributed by atoms with Crippen LogP contribution < -0.4 is 10.6 Å².